The zero-order chi connectivity index (χ0) is 25.7. The SMILES string of the molecule is COc1ccc(C)cc1NC(=O)N1Cc2c(sc3c2CCN(C)C3)-n2cccc2[C@H]1c1ccc(F)cc1. The summed E-state index contributed by atoms with van der Waals surface area (Å²) in [7, 11) is 3.75. The molecule has 8 heteroatoms. The molecule has 190 valence electrons. The molecule has 4 aromatic rings. The largest absolute Gasteiger partial charge is 0.495 e. The Bertz CT molecular complexity index is 1480. The molecule has 0 saturated carbocycles. The van der Waals surface area contributed by atoms with E-state index in [1.165, 1.54) is 28.1 Å². The highest BCUT2D eigenvalue weighted by molar-refractivity contribution is 7.15. The highest BCUT2D eigenvalue weighted by atomic mass is 32.1. The maximum atomic E-state index is 14.1. The third kappa shape index (κ3) is 4.20. The second-order valence-electron chi connectivity index (χ2n) is 9.79. The third-order valence-electron chi connectivity index (χ3n) is 7.30. The number of carbonyl (C=O) groups excluding carboxylic acids is 1. The first kappa shape index (κ1) is 23.8. The Kier molecular flexibility index (Phi) is 6.01. The molecule has 0 bridgehead atoms. The summed E-state index contributed by atoms with van der Waals surface area (Å²) >= 11 is 1.81. The molecule has 0 fully saturated rings. The minimum atomic E-state index is -0.395. The van der Waals surface area contributed by atoms with Crippen LogP contribution >= 0.6 is 11.3 Å². The lowest BCUT2D eigenvalue weighted by atomic mass is 10.0. The molecule has 6 rings (SSSR count). The smallest absolute Gasteiger partial charge is 0.323 e. The Morgan fingerprint density at radius 3 is 2.70 bits per heavy atom. The number of aryl methyl sites for hydroxylation is 1. The van der Waals surface area contributed by atoms with E-state index in [0.717, 1.165) is 41.3 Å². The van der Waals surface area contributed by atoms with Crippen molar-refractivity contribution in [2.24, 2.45) is 0 Å². The van der Waals surface area contributed by atoms with Gasteiger partial charge in [0.2, 0.25) is 0 Å². The van der Waals surface area contributed by atoms with Gasteiger partial charge in [0.25, 0.3) is 0 Å². The second-order valence-corrected chi connectivity index (χ2v) is 10.9. The number of ether oxygens (including phenoxy) is 1. The van der Waals surface area contributed by atoms with E-state index in [1.54, 1.807) is 19.2 Å². The summed E-state index contributed by atoms with van der Waals surface area (Å²) in [5.74, 6) is 0.303. The van der Waals surface area contributed by atoms with E-state index in [4.69, 9.17) is 4.74 Å². The number of anilines is 1. The van der Waals surface area contributed by atoms with Crippen LogP contribution in [0.5, 0.6) is 5.75 Å². The molecule has 6 nitrogen and oxygen atoms in total. The van der Waals surface area contributed by atoms with Gasteiger partial charge in [0.05, 0.1) is 31.1 Å². The average Bonchev–Trinajstić information content (AvgIpc) is 3.46. The highest BCUT2D eigenvalue weighted by Gasteiger charge is 2.36. The molecule has 2 aliphatic rings. The van der Waals surface area contributed by atoms with Gasteiger partial charge in [0.15, 0.2) is 0 Å². The van der Waals surface area contributed by atoms with Crippen molar-refractivity contribution < 1.29 is 13.9 Å². The first-order chi connectivity index (χ1) is 17.9. The number of halogens is 1. The van der Waals surface area contributed by atoms with Gasteiger partial charge in [0.1, 0.15) is 16.6 Å². The number of nitrogens with one attached hydrogen (secondary N) is 1. The molecule has 2 aliphatic heterocycles. The zero-order valence-electron chi connectivity index (χ0n) is 21.1. The van der Waals surface area contributed by atoms with Gasteiger partial charge in [-0.2, -0.15) is 0 Å². The quantitative estimate of drug-likeness (QED) is 0.357. The number of nitrogens with zero attached hydrogens (tertiary/aromatic N) is 3. The number of hydrogen-bond donors (Lipinski definition) is 1. The molecule has 1 N–H and O–H groups in total. The van der Waals surface area contributed by atoms with Gasteiger partial charge in [-0.15, -0.1) is 11.3 Å². The van der Waals surface area contributed by atoms with Crippen molar-refractivity contribution >= 4 is 23.1 Å². The van der Waals surface area contributed by atoms with E-state index in [2.05, 4.69) is 34.1 Å². The van der Waals surface area contributed by atoms with E-state index in [0.29, 0.717) is 18.0 Å². The molecular formula is C29H29FN4O2S. The fourth-order valence-corrected chi connectivity index (χ4v) is 6.90. The fraction of sp³-hybridized carbons (Fsp3) is 0.276. The van der Waals surface area contributed by atoms with Crippen LogP contribution in [0.15, 0.2) is 60.8 Å². The number of thiophene rings is 1. The summed E-state index contributed by atoms with van der Waals surface area (Å²) in [5, 5.41) is 4.28. The number of fused-ring (bicyclic) bond motifs is 5. The molecule has 0 unspecified atom stereocenters. The van der Waals surface area contributed by atoms with Crippen LogP contribution in [0.1, 0.15) is 38.9 Å². The molecular weight excluding hydrogens is 487 g/mol. The summed E-state index contributed by atoms with van der Waals surface area (Å²) in [6.07, 6.45) is 3.03. The number of hydrogen-bond acceptors (Lipinski definition) is 4. The Labute approximate surface area is 219 Å². The van der Waals surface area contributed by atoms with Gasteiger partial charge >= 0.3 is 6.03 Å². The van der Waals surface area contributed by atoms with E-state index >= 15 is 0 Å². The van der Waals surface area contributed by atoms with Crippen molar-refractivity contribution in [2.45, 2.75) is 32.5 Å². The molecule has 0 aliphatic carbocycles. The predicted molar refractivity (Wildman–Crippen MR) is 144 cm³/mol. The van der Waals surface area contributed by atoms with Crippen LogP contribution < -0.4 is 10.1 Å². The number of urea groups is 1. The molecule has 2 aromatic carbocycles. The number of methoxy groups -OCH3 is 1. The van der Waals surface area contributed by atoms with E-state index in [-0.39, 0.29) is 11.8 Å². The van der Waals surface area contributed by atoms with Gasteiger partial charge in [-0.3, -0.25) is 0 Å². The van der Waals surface area contributed by atoms with Gasteiger partial charge in [-0.05, 0) is 73.5 Å². The number of carbonyl (C=O) groups is 1. The Morgan fingerprint density at radius 1 is 1.11 bits per heavy atom. The van der Waals surface area contributed by atoms with Crippen LogP contribution in [0, 0.1) is 12.7 Å². The van der Waals surface area contributed by atoms with Crippen LogP contribution in [-0.4, -0.2) is 41.1 Å². The van der Waals surface area contributed by atoms with Crippen LogP contribution in [0.3, 0.4) is 0 Å². The molecule has 1 atom stereocenters. The predicted octanol–water partition coefficient (Wildman–Crippen LogP) is 6.12. The fourth-order valence-electron chi connectivity index (χ4n) is 5.45. The molecule has 2 amide bonds. The van der Waals surface area contributed by atoms with Crippen molar-refractivity contribution in [1.29, 1.82) is 0 Å². The summed E-state index contributed by atoms with van der Waals surface area (Å²) in [6.45, 7) is 4.34. The summed E-state index contributed by atoms with van der Waals surface area (Å²) in [5.41, 5.74) is 6.03. The Hall–Kier alpha value is -3.62. The molecule has 4 heterocycles. The van der Waals surface area contributed by atoms with E-state index in [1.807, 2.05) is 47.4 Å². The van der Waals surface area contributed by atoms with Gasteiger partial charge in [0, 0.05) is 29.7 Å². The third-order valence-corrected chi connectivity index (χ3v) is 8.56. The molecule has 0 spiro atoms. The minimum Gasteiger partial charge on any atom is -0.495 e. The van der Waals surface area contributed by atoms with Gasteiger partial charge in [-0.1, -0.05) is 18.2 Å². The van der Waals surface area contributed by atoms with Crippen molar-refractivity contribution in [3.8, 4) is 10.8 Å². The van der Waals surface area contributed by atoms with Gasteiger partial charge in [-0.25, -0.2) is 9.18 Å². The molecule has 37 heavy (non-hydrogen) atoms. The zero-order valence-corrected chi connectivity index (χ0v) is 21.9. The number of amides is 2. The standard InChI is InChI=1S/C29H29FN4O2S/c1-18-6-11-25(36-3)23(15-18)31-29(35)34-16-22-21-12-14-32(2)17-26(21)37-28(22)33-13-4-5-24(33)27(34)19-7-9-20(30)10-8-19/h4-11,13,15,27H,12,14,16-17H2,1-3H3,(H,31,35)/t27-/m1/s1. The van der Waals surface area contributed by atoms with Crippen LogP contribution in [-0.2, 0) is 19.5 Å². The maximum Gasteiger partial charge on any atom is 0.323 e. The normalized spacial score (nSPS) is 17.0. The number of rotatable bonds is 3. The van der Waals surface area contributed by atoms with Crippen molar-refractivity contribution in [3.63, 3.8) is 0 Å². The Morgan fingerprint density at radius 2 is 1.92 bits per heavy atom. The lowest BCUT2D eigenvalue weighted by Crippen LogP contribution is -2.38. The monoisotopic (exact) mass is 516 g/mol. The summed E-state index contributed by atoms with van der Waals surface area (Å²) in [4.78, 5) is 19.7. The molecule has 0 radical (unpaired) electrons. The first-order valence-electron chi connectivity index (χ1n) is 12.4. The van der Waals surface area contributed by atoms with Crippen LogP contribution in [0.2, 0.25) is 0 Å². The lowest BCUT2D eigenvalue weighted by Gasteiger charge is -2.32. The summed E-state index contributed by atoms with van der Waals surface area (Å²) < 4.78 is 21.6. The van der Waals surface area contributed by atoms with Crippen LogP contribution in [0.4, 0.5) is 14.9 Å². The maximum absolute atomic E-state index is 14.1. The van der Waals surface area contributed by atoms with Crippen molar-refractivity contribution in [1.82, 2.24) is 14.4 Å². The van der Waals surface area contributed by atoms with Crippen molar-refractivity contribution in [3.05, 3.63) is 99.4 Å². The second kappa shape index (κ2) is 9.36. The molecule has 0 saturated heterocycles. The number of benzene rings is 2. The lowest BCUT2D eigenvalue weighted by molar-refractivity contribution is 0.194. The van der Waals surface area contributed by atoms with Gasteiger partial charge < -0.3 is 24.4 Å². The highest BCUT2D eigenvalue weighted by Crippen LogP contribution is 2.43. The molecule has 2 aromatic heterocycles. The van der Waals surface area contributed by atoms with E-state index < -0.39 is 6.04 Å². The number of aromatic nitrogens is 1. The van der Waals surface area contributed by atoms with Crippen LogP contribution in [0.25, 0.3) is 5.00 Å². The minimum absolute atomic E-state index is 0.230. The topological polar surface area (TPSA) is 49.7 Å². The summed E-state index contributed by atoms with van der Waals surface area (Å²) in [6, 6.07) is 15.6. The van der Waals surface area contributed by atoms with Crippen molar-refractivity contribution in [2.75, 3.05) is 26.0 Å². The first-order valence-corrected chi connectivity index (χ1v) is 13.2. The number of likely N-dealkylation sites (N-methyl/N-ethyl adjacent to an activating group) is 1. The van der Waals surface area contributed by atoms with E-state index in [9.17, 15) is 9.18 Å². The average molecular weight is 517 g/mol. The Balaban J connectivity index is 1.49.